The number of rotatable bonds is 8. The Labute approximate surface area is 205 Å². The van der Waals surface area contributed by atoms with E-state index in [1.807, 2.05) is 0 Å². The third kappa shape index (κ3) is 3.79. The van der Waals surface area contributed by atoms with Gasteiger partial charge >= 0.3 is 5.97 Å². The maximum atomic E-state index is 14.0. The Hall–Kier alpha value is -1.94. The highest BCUT2D eigenvalue weighted by molar-refractivity contribution is 9.09. The Morgan fingerprint density at radius 2 is 2.12 bits per heavy atom. The van der Waals surface area contributed by atoms with Gasteiger partial charge in [0, 0.05) is 28.6 Å². The monoisotopic (exact) mass is 540 g/mol. The van der Waals surface area contributed by atoms with Gasteiger partial charge in [-0.05, 0) is 37.6 Å². The molecule has 1 aromatic carbocycles. The average molecular weight is 542 g/mol. The number of hydrogen-bond acceptors (Lipinski definition) is 6. The summed E-state index contributed by atoms with van der Waals surface area (Å²) >= 11 is 9.62. The van der Waals surface area contributed by atoms with Gasteiger partial charge in [-0.2, -0.15) is 0 Å². The fourth-order valence-corrected chi connectivity index (χ4v) is 6.55. The second-order valence-corrected chi connectivity index (χ2v) is 10.00. The number of carbonyl (C=O) groups excluding carboxylic acids is 3. The molecule has 178 valence electrons. The van der Waals surface area contributed by atoms with E-state index in [1.165, 1.54) is 9.80 Å². The van der Waals surface area contributed by atoms with E-state index in [2.05, 4.69) is 22.5 Å². The molecule has 2 bridgehead atoms. The van der Waals surface area contributed by atoms with E-state index in [0.29, 0.717) is 17.1 Å². The fraction of sp³-hybridized carbons (Fsp3) is 0.522. The van der Waals surface area contributed by atoms with E-state index in [4.69, 9.17) is 21.1 Å². The highest BCUT2D eigenvalue weighted by Gasteiger charge is 2.77. The first kappa shape index (κ1) is 24.2. The van der Waals surface area contributed by atoms with Gasteiger partial charge in [0.2, 0.25) is 5.91 Å². The number of amides is 2. The van der Waals surface area contributed by atoms with Crippen LogP contribution in [0.4, 0.5) is 5.69 Å². The number of aliphatic hydroxyl groups is 1. The predicted molar refractivity (Wildman–Crippen MR) is 125 cm³/mol. The van der Waals surface area contributed by atoms with Crippen LogP contribution in [0, 0.1) is 11.8 Å². The minimum atomic E-state index is -1.20. The lowest BCUT2D eigenvalue weighted by molar-refractivity contribution is -0.154. The molecule has 6 atom stereocenters. The van der Waals surface area contributed by atoms with Gasteiger partial charge in [-0.25, -0.2) is 0 Å². The molecule has 0 aliphatic carbocycles. The number of halogens is 2. The van der Waals surface area contributed by atoms with E-state index in [1.54, 1.807) is 37.3 Å². The third-order valence-electron chi connectivity index (χ3n) is 6.64. The molecule has 3 aliphatic heterocycles. The molecule has 3 aliphatic rings. The number of likely N-dealkylation sites (tertiary alicyclic amines) is 1. The number of aliphatic hydroxyl groups excluding tert-OH is 1. The number of β-amino-alcohol motifs (C(OH)–C–C–N with tert-alkyl or cyclic N) is 1. The molecule has 4 rings (SSSR count). The molecule has 1 N–H and O–H groups in total. The number of esters is 1. The van der Waals surface area contributed by atoms with Gasteiger partial charge in [0.05, 0.1) is 31.2 Å². The number of fused-ring (bicyclic) bond motifs is 1. The van der Waals surface area contributed by atoms with Crippen LogP contribution in [0.1, 0.15) is 13.3 Å². The predicted octanol–water partition coefficient (Wildman–Crippen LogP) is 2.16. The second-order valence-electron chi connectivity index (χ2n) is 8.38. The Kier molecular flexibility index (Phi) is 6.87. The van der Waals surface area contributed by atoms with Gasteiger partial charge in [0.25, 0.3) is 5.91 Å². The van der Waals surface area contributed by atoms with Crippen LogP contribution < -0.4 is 4.90 Å². The van der Waals surface area contributed by atoms with Crippen molar-refractivity contribution in [1.82, 2.24) is 4.90 Å². The molecule has 33 heavy (non-hydrogen) atoms. The number of ether oxygens (including phenoxy) is 2. The van der Waals surface area contributed by atoms with Gasteiger partial charge in [-0.15, -0.1) is 6.58 Å². The van der Waals surface area contributed by atoms with Crippen LogP contribution in [0.2, 0.25) is 5.02 Å². The highest BCUT2D eigenvalue weighted by Crippen LogP contribution is 2.60. The van der Waals surface area contributed by atoms with Crippen molar-refractivity contribution in [1.29, 1.82) is 0 Å². The van der Waals surface area contributed by atoms with E-state index in [-0.39, 0.29) is 42.9 Å². The molecule has 3 heterocycles. The van der Waals surface area contributed by atoms with Crippen molar-refractivity contribution in [2.75, 3.05) is 31.2 Å². The average Bonchev–Trinajstić information content (AvgIpc) is 3.37. The van der Waals surface area contributed by atoms with Crippen molar-refractivity contribution in [2.24, 2.45) is 11.8 Å². The van der Waals surface area contributed by atoms with Gasteiger partial charge in [-0.3, -0.25) is 14.4 Å². The van der Waals surface area contributed by atoms with Crippen LogP contribution >= 0.6 is 27.5 Å². The molecule has 0 radical (unpaired) electrons. The van der Waals surface area contributed by atoms with E-state index < -0.39 is 35.6 Å². The molecule has 1 aromatic rings. The molecule has 1 spiro atoms. The first-order valence-corrected chi connectivity index (χ1v) is 12.2. The Bertz CT molecular complexity index is 959. The number of hydrogen-bond donors (Lipinski definition) is 1. The zero-order valence-electron chi connectivity index (χ0n) is 18.2. The fourth-order valence-electron chi connectivity index (χ4n) is 5.49. The zero-order valence-corrected chi connectivity index (χ0v) is 20.5. The smallest absolute Gasteiger partial charge is 0.312 e. The van der Waals surface area contributed by atoms with Crippen LogP contribution in [0.5, 0.6) is 0 Å². The van der Waals surface area contributed by atoms with Gasteiger partial charge in [0.1, 0.15) is 11.6 Å². The summed E-state index contributed by atoms with van der Waals surface area (Å²) in [6.07, 6.45) is 1.40. The summed E-state index contributed by atoms with van der Waals surface area (Å²) in [5.41, 5.74) is -0.615. The van der Waals surface area contributed by atoms with Gasteiger partial charge in [0.15, 0.2) is 0 Å². The topological polar surface area (TPSA) is 96.4 Å². The number of benzene rings is 1. The van der Waals surface area contributed by atoms with Crippen LogP contribution in [0.15, 0.2) is 36.9 Å². The second kappa shape index (κ2) is 9.37. The summed E-state index contributed by atoms with van der Waals surface area (Å²) < 4.78 is 11.6. The summed E-state index contributed by atoms with van der Waals surface area (Å²) in [5, 5.41) is 10.2. The number of nitrogens with zero attached hydrogens (tertiary/aromatic N) is 2. The van der Waals surface area contributed by atoms with Crippen LogP contribution in [0.3, 0.4) is 0 Å². The Morgan fingerprint density at radius 1 is 1.42 bits per heavy atom. The third-order valence-corrected chi connectivity index (χ3v) is 7.74. The molecule has 3 saturated heterocycles. The van der Waals surface area contributed by atoms with Crippen LogP contribution in [0.25, 0.3) is 0 Å². The minimum absolute atomic E-state index is 0.0490. The SMILES string of the molecule is C=CCN(C(=O)[C@H]1N(CCO)C(=O)[C@@H]2[C@@H](C(=O)OCC)[C@@H]3O[C@@]21CC3Br)c1ccc(Cl)cc1. The van der Waals surface area contributed by atoms with E-state index in [0.717, 1.165) is 0 Å². The normalized spacial score (nSPS) is 32.1. The molecule has 3 fully saturated rings. The molecule has 0 saturated carbocycles. The standard InChI is InChI=1S/C23H26BrClN2O6/c1-3-9-26(14-7-5-13(25)6-8-14)21(30)19-23-12-15(24)18(33-23)16(22(31)32-4-2)17(23)20(29)27(19)10-11-28/h3,5-8,15-19,28H,1,4,9-12H2,2H3/t15?,16-,17+,18-,19-,23+/m1/s1. The maximum Gasteiger partial charge on any atom is 0.312 e. The van der Waals surface area contributed by atoms with E-state index >= 15 is 0 Å². The summed E-state index contributed by atoms with van der Waals surface area (Å²) in [5.74, 6) is -2.93. The quantitative estimate of drug-likeness (QED) is 0.308. The van der Waals surface area contributed by atoms with Crippen molar-refractivity contribution in [3.8, 4) is 0 Å². The molecule has 0 aromatic heterocycles. The van der Waals surface area contributed by atoms with Crippen molar-refractivity contribution < 1.29 is 29.0 Å². The summed E-state index contributed by atoms with van der Waals surface area (Å²) in [7, 11) is 0. The molecule has 2 amide bonds. The molecular formula is C23H26BrClN2O6. The van der Waals surface area contributed by atoms with Crippen molar-refractivity contribution in [3.63, 3.8) is 0 Å². The molecule has 10 heteroatoms. The van der Waals surface area contributed by atoms with Crippen LogP contribution in [-0.4, -0.2) is 76.7 Å². The summed E-state index contributed by atoms with van der Waals surface area (Å²) in [4.78, 5) is 43.1. The number of anilines is 1. The first-order chi connectivity index (χ1) is 15.8. The maximum absolute atomic E-state index is 14.0. The number of alkyl halides is 1. The number of carbonyl (C=O) groups is 3. The highest BCUT2D eigenvalue weighted by atomic mass is 79.9. The Balaban J connectivity index is 1.78. The summed E-state index contributed by atoms with van der Waals surface area (Å²) in [6, 6.07) is 5.77. The summed E-state index contributed by atoms with van der Waals surface area (Å²) in [6.45, 7) is 5.46. The largest absolute Gasteiger partial charge is 0.466 e. The Morgan fingerprint density at radius 3 is 2.73 bits per heavy atom. The van der Waals surface area contributed by atoms with Gasteiger partial charge < -0.3 is 24.4 Å². The van der Waals surface area contributed by atoms with Crippen molar-refractivity contribution in [3.05, 3.63) is 41.9 Å². The van der Waals surface area contributed by atoms with Gasteiger partial charge in [-0.1, -0.05) is 33.6 Å². The lowest BCUT2D eigenvalue weighted by Crippen LogP contribution is -2.57. The van der Waals surface area contributed by atoms with Crippen molar-refractivity contribution >= 4 is 51.0 Å². The molecular weight excluding hydrogens is 516 g/mol. The zero-order chi connectivity index (χ0) is 23.9. The lowest BCUT2D eigenvalue weighted by Gasteiger charge is -2.37. The molecule has 8 nitrogen and oxygen atoms in total. The first-order valence-electron chi connectivity index (χ1n) is 10.9. The van der Waals surface area contributed by atoms with Crippen molar-refractivity contribution in [2.45, 2.75) is 35.9 Å². The minimum Gasteiger partial charge on any atom is -0.466 e. The lowest BCUT2D eigenvalue weighted by atomic mass is 9.70. The van der Waals surface area contributed by atoms with Crippen LogP contribution in [-0.2, 0) is 23.9 Å². The molecule has 1 unspecified atom stereocenters. The van der Waals surface area contributed by atoms with E-state index in [9.17, 15) is 19.5 Å².